The SMILES string of the molecule is COc1ccc(N(CC(=O)N/N=C/c2ccccc2[N+](=O)[O-])S(C)(=O)=O)cc1. The highest BCUT2D eigenvalue weighted by molar-refractivity contribution is 7.92. The van der Waals surface area contributed by atoms with E-state index in [9.17, 15) is 23.3 Å². The maximum Gasteiger partial charge on any atom is 0.278 e. The number of carbonyl (C=O) groups excluding carboxylic acids is 1. The van der Waals surface area contributed by atoms with Crippen LogP contribution in [0.25, 0.3) is 0 Å². The van der Waals surface area contributed by atoms with Crippen molar-refractivity contribution in [3.63, 3.8) is 0 Å². The molecule has 0 saturated carbocycles. The first-order valence-electron chi connectivity index (χ1n) is 7.89. The Balaban J connectivity index is 2.11. The first-order chi connectivity index (χ1) is 13.2. The van der Waals surface area contributed by atoms with Crippen LogP contribution in [0.4, 0.5) is 11.4 Å². The van der Waals surface area contributed by atoms with Gasteiger partial charge >= 0.3 is 0 Å². The Hall–Kier alpha value is -3.47. The molecule has 0 aliphatic rings. The van der Waals surface area contributed by atoms with E-state index < -0.39 is 27.4 Å². The van der Waals surface area contributed by atoms with Crippen LogP contribution in [-0.4, -0.2) is 45.4 Å². The standard InChI is InChI=1S/C17H18N4O6S/c1-27-15-9-7-14(8-10-15)20(28(2,25)26)12-17(22)19-18-11-13-5-3-4-6-16(13)21(23)24/h3-11H,12H2,1-2H3,(H,19,22)/b18-11+. The number of nitro groups is 1. The van der Waals surface area contributed by atoms with Gasteiger partial charge in [-0.05, 0) is 30.3 Å². The van der Waals surface area contributed by atoms with Crippen LogP contribution in [0.3, 0.4) is 0 Å². The van der Waals surface area contributed by atoms with Crippen LogP contribution in [0.5, 0.6) is 5.75 Å². The summed E-state index contributed by atoms with van der Waals surface area (Å²) in [6.45, 7) is -0.514. The number of carbonyl (C=O) groups is 1. The number of hydrogen-bond donors (Lipinski definition) is 1. The molecule has 0 aliphatic carbocycles. The molecular weight excluding hydrogens is 388 g/mol. The minimum absolute atomic E-state index is 0.170. The minimum Gasteiger partial charge on any atom is -0.497 e. The topological polar surface area (TPSA) is 131 Å². The average molecular weight is 406 g/mol. The number of nitrogens with one attached hydrogen (secondary N) is 1. The number of nitro benzene ring substituents is 1. The lowest BCUT2D eigenvalue weighted by Gasteiger charge is -2.21. The minimum atomic E-state index is -3.74. The van der Waals surface area contributed by atoms with Crippen LogP contribution in [0.15, 0.2) is 53.6 Å². The van der Waals surface area contributed by atoms with Gasteiger partial charge in [0.2, 0.25) is 10.0 Å². The highest BCUT2D eigenvalue weighted by Gasteiger charge is 2.20. The van der Waals surface area contributed by atoms with E-state index in [0.717, 1.165) is 16.8 Å². The molecule has 148 valence electrons. The number of ether oxygens (including phenoxy) is 1. The summed E-state index contributed by atoms with van der Waals surface area (Å²) in [5.74, 6) is -0.174. The molecule has 0 bridgehead atoms. The van der Waals surface area contributed by atoms with E-state index in [1.165, 1.54) is 37.4 Å². The number of amides is 1. The van der Waals surface area contributed by atoms with Crippen molar-refractivity contribution in [2.24, 2.45) is 5.10 Å². The number of benzene rings is 2. The van der Waals surface area contributed by atoms with Crippen molar-refractivity contribution in [3.05, 3.63) is 64.2 Å². The average Bonchev–Trinajstić information content (AvgIpc) is 2.65. The largest absolute Gasteiger partial charge is 0.497 e. The first kappa shape index (κ1) is 20.8. The first-order valence-corrected chi connectivity index (χ1v) is 9.74. The number of nitrogens with zero attached hydrogens (tertiary/aromatic N) is 3. The van der Waals surface area contributed by atoms with E-state index in [1.54, 1.807) is 18.2 Å². The predicted molar refractivity (Wildman–Crippen MR) is 104 cm³/mol. The third-order valence-electron chi connectivity index (χ3n) is 3.57. The van der Waals surface area contributed by atoms with Crippen LogP contribution >= 0.6 is 0 Å². The molecule has 0 spiro atoms. The van der Waals surface area contributed by atoms with Crippen molar-refractivity contribution in [1.82, 2.24) is 5.43 Å². The second-order valence-electron chi connectivity index (χ2n) is 5.58. The number of methoxy groups -OCH3 is 1. The maximum atomic E-state index is 12.1. The molecular formula is C17H18N4O6S. The molecule has 0 unspecified atom stereocenters. The molecule has 0 aromatic heterocycles. The molecule has 28 heavy (non-hydrogen) atoms. The van der Waals surface area contributed by atoms with Crippen molar-refractivity contribution in [2.45, 2.75) is 0 Å². The molecule has 0 atom stereocenters. The Morgan fingerprint density at radius 1 is 1.25 bits per heavy atom. The van der Waals surface area contributed by atoms with Gasteiger partial charge in [0.1, 0.15) is 12.3 Å². The van der Waals surface area contributed by atoms with Gasteiger partial charge in [-0.15, -0.1) is 0 Å². The highest BCUT2D eigenvalue weighted by atomic mass is 32.2. The third-order valence-corrected chi connectivity index (χ3v) is 4.71. The summed E-state index contributed by atoms with van der Waals surface area (Å²) in [6, 6.07) is 12.0. The van der Waals surface area contributed by atoms with Gasteiger partial charge in [0, 0.05) is 6.07 Å². The fourth-order valence-corrected chi connectivity index (χ4v) is 3.11. The second kappa shape index (κ2) is 8.95. The molecule has 0 aliphatic heterocycles. The lowest BCUT2D eigenvalue weighted by atomic mass is 10.2. The van der Waals surface area contributed by atoms with Gasteiger partial charge in [0.25, 0.3) is 11.6 Å². The normalized spacial score (nSPS) is 11.2. The molecule has 1 N–H and O–H groups in total. The smallest absolute Gasteiger partial charge is 0.278 e. The maximum absolute atomic E-state index is 12.1. The van der Waals surface area contributed by atoms with Crippen molar-refractivity contribution in [2.75, 3.05) is 24.2 Å². The summed E-state index contributed by atoms with van der Waals surface area (Å²) in [5.41, 5.74) is 2.48. The van der Waals surface area contributed by atoms with Gasteiger partial charge in [-0.25, -0.2) is 13.8 Å². The zero-order chi connectivity index (χ0) is 20.7. The summed E-state index contributed by atoms with van der Waals surface area (Å²) in [6.07, 6.45) is 2.09. The Morgan fingerprint density at radius 3 is 2.46 bits per heavy atom. The van der Waals surface area contributed by atoms with E-state index in [-0.39, 0.29) is 16.9 Å². The van der Waals surface area contributed by atoms with Gasteiger partial charge in [0.15, 0.2) is 0 Å². The van der Waals surface area contributed by atoms with Crippen LogP contribution in [-0.2, 0) is 14.8 Å². The fraction of sp³-hybridized carbons (Fsp3) is 0.176. The van der Waals surface area contributed by atoms with Crippen LogP contribution < -0.4 is 14.5 Å². The van der Waals surface area contributed by atoms with Gasteiger partial charge in [-0.2, -0.15) is 5.10 Å². The number of para-hydroxylation sites is 1. The predicted octanol–water partition coefficient (Wildman–Crippen LogP) is 1.52. The van der Waals surface area contributed by atoms with Crippen molar-refractivity contribution in [3.8, 4) is 5.75 Å². The second-order valence-corrected chi connectivity index (χ2v) is 7.48. The van der Waals surface area contributed by atoms with E-state index in [2.05, 4.69) is 10.5 Å². The molecule has 11 heteroatoms. The van der Waals surface area contributed by atoms with Gasteiger partial charge < -0.3 is 4.74 Å². The van der Waals surface area contributed by atoms with Crippen LogP contribution in [0, 0.1) is 10.1 Å². The van der Waals surface area contributed by atoms with E-state index in [1.807, 2.05) is 0 Å². The lowest BCUT2D eigenvalue weighted by Crippen LogP contribution is -2.39. The molecule has 0 saturated heterocycles. The van der Waals surface area contributed by atoms with Crippen LogP contribution in [0.2, 0.25) is 0 Å². The van der Waals surface area contributed by atoms with Crippen LogP contribution in [0.1, 0.15) is 5.56 Å². The molecule has 2 rings (SSSR count). The van der Waals surface area contributed by atoms with Gasteiger partial charge in [-0.3, -0.25) is 19.2 Å². The van der Waals surface area contributed by atoms with E-state index in [4.69, 9.17) is 4.74 Å². The van der Waals surface area contributed by atoms with Crippen molar-refractivity contribution < 1.29 is 22.9 Å². The third kappa shape index (κ3) is 5.51. The molecule has 10 nitrogen and oxygen atoms in total. The van der Waals surface area contributed by atoms with Crippen molar-refractivity contribution in [1.29, 1.82) is 0 Å². The van der Waals surface area contributed by atoms with Gasteiger partial charge in [-0.1, -0.05) is 12.1 Å². The lowest BCUT2D eigenvalue weighted by molar-refractivity contribution is -0.385. The summed E-state index contributed by atoms with van der Waals surface area (Å²) in [5, 5.41) is 14.6. The molecule has 2 aromatic rings. The number of sulfonamides is 1. The van der Waals surface area contributed by atoms with E-state index >= 15 is 0 Å². The summed E-state index contributed by atoms with van der Waals surface area (Å²) in [7, 11) is -2.26. The molecule has 0 fully saturated rings. The summed E-state index contributed by atoms with van der Waals surface area (Å²) >= 11 is 0. The number of hydrazone groups is 1. The quantitative estimate of drug-likeness (QED) is 0.402. The number of hydrogen-bond acceptors (Lipinski definition) is 7. The fourth-order valence-electron chi connectivity index (χ4n) is 2.25. The monoisotopic (exact) mass is 406 g/mol. The highest BCUT2D eigenvalue weighted by Crippen LogP contribution is 2.21. The number of rotatable bonds is 8. The van der Waals surface area contributed by atoms with Gasteiger partial charge in [0.05, 0.1) is 35.8 Å². The number of anilines is 1. The molecule has 0 heterocycles. The molecule has 1 amide bonds. The Bertz CT molecular complexity index is 989. The molecule has 2 aromatic carbocycles. The summed E-state index contributed by atoms with van der Waals surface area (Å²) < 4.78 is 30.0. The zero-order valence-corrected chi connectivity index (χ0v) is 15.9. The van der Waals surface area contributed by atoms with Crippen molar-refractivity contribution >= 4 is 33.5 Å². The Morgan fingerprint density at radius 2 is 1.89 bits per heavy atom. The Labute approximate surface area is 161 Å². The molecule has 0 radical (unpaired) electrons. The summed E-state index contributed by atoms with van der Waals surface area (Å²) in [4.78, 5) is 22.5. The van der Waals surface area contributed by atoms with E-state index in [0.29, 0.717) is 5.75 Å². The zero-order valence-electron chi connectivity index (χ0n) is 15.1. The Kier molecular flexibility index (Phi) is 6.66.